The summed E-state index contributed by atoms with van der Waals surface area (Å²) in [7, 11) is 1.70. The highest BCUT2D eigenvalue weighted by Gasteiger charge is 2.16. The lowest BCUT2D eigenvalue weighted by atomic mass is 10.1. The molecule has 73 heavy (non-hydrogen) atoms. The molecule has 364 valence electrons. The SMILES string of the molecule is CCCCc1ccc(N(c2ccc(C)cc2)c2ccc(C=Cc3ccc(N(c4ccc(C=Cc5ccc(N(c6ccc(C)cc6)c6ccc(CCCC)cc6)cc5)cc4)c4ccc(OC)cc4)cc3)cc2)cc1. The molecule has 9 aromatic carbocycles. The van der Waals surface area contributed by atoms with Crippen LogP contribution in [0.5, 0.6) is 5.75 Å². The van der Waals surface area contributed by atoms with E-state index in [1.807, 2.05) is 12.1 Å². The molecule has 0 unspecified atom stereocenters. The molecule has 0 aromatic heterocycles. The molecule has 0 radical (unpaired) electrons. The highest BCUT2D eigenvalue weighted by molar-refractivity contribution is 5.82. The summed E-state index contributed by atoms with van der Waals surface area (Å²) < 4.78 is 5.53. The van der Waals surface area contributed by atoms with Gasteiger partial charge in [0, 0.05) is 51.2 Å². The third kappa shape index (κ3) is 12.8. The molecule has 0 saturated carbocycles. The first-order valence-corrected chi connectivity index (χ1v) is 26.0. The Bertz CT molecular complexity index is 2980. The van der Waals surface area contributed by atoms with E-state index in [2.05, 4.69) is 273 Å². The van der Waals surface area contributed by atoms with E-state index in [-0.39, 0.29) is 0 Å². The van der Waals surface area contributed by atoms with Crippen LogP contribution in [0.3, 0.4) is 0 Å². The Balaban J connectivity index is 0.902. The Labute approximate surface area is 434 Å². The van der Waals surface area contributed by atoms with Crippen molar-refractivity contribution in [3.05, 3.63) is 263 Å². The molecule has 4 nitrogen and oxygen atoms in total. The van der Waals surface area contributed by atoms with E-state index < -0.39 is 0 Å². The van der Waals surface area contributed by atoms with Gasteiger partial charge in [-0.3, -0.25) is 0 Å². The van der Waals surface area contributed by atoms with Gasteiger partial charge in [0.05, 0.1) is 7.11 Å². The highest BCUT2D eigenvalue weighted by Crippen LogP contribution is 2.39. The van der Waals surface area contributed by atoms with Gasteiger partial charge in [-0.1, -0.05) is 159 Å². The minimum Gasteiger partial charge on any atom is -0.497 e. The summed E-state index contributed by atoms with van der Waals surface area (Å²) in [6.07, 6.45) is 15.8. The number of aryl methyl sites for hydroxylation is 4. The first-order valence-electron chi connectivity index (χ1n) is 26.0. The van der Waals surface area contributed by atoms with E-state index in [1.165, 1.54) is 47.9 Å². The molecule has 4 heteroatoms. The van der Waals surface area contributed by atoms with Gasteiger partial charge in [0.25, 0.3) is 0 Å². The van der Waals surface area contributed by atoms with E-state index in [1.54, 1.807) is 7.11 Å². The van der Waals surface area contributed by atoms with Crippen LogP contribution in [0.2, 0.25) is 0 Å². The van der Waals surface area contributed by atoms with Crippen molar-refractivity contribution in [2.24, 2.45) is 0 Å². The first-order chi connectivity index (χ1) is 35.8. The molecular formula is C69H67N3O. The van der Waals surface area contributed by atoms with Crippen LogP contribution in [-0.2, 0) is 12.8 Å². The summed E-state index contributed by atoms with van der Waals surface area (Å²) in [5, 5.41) is 0. The fourth-order valence-electron chi connectivity index (χ4n) is 9.17. The van der Waals surface area contributed by atoms with Crippen LogP contribution in [0.4, 0.5) is 51.2 Å². The summed E-state index contributed by atoms with van der Waals surface area (Å²) >= 11 is 0. The maximum Gasteiger partial charge on any atom is 0.119 e. The second kappa shape index (κ2) is 24.2. The average molecular weight is 954 g/mol. The molecular weight excluding hydrogens is 887 g/mol. The minimum absolute atomic E-state index is 0.823. The Kier molecular flexibility index (Phi) is 16.4. The molecule has 9 aromatic rings. The fraction of sp³-hybridized carbons (Fsp3) is 0.159. The quantitative estimate of drug-likeness (QED) is 0.0709. The molecule has 0 aliphatic heterocycles. The topological polar surface area (TPSA) is 19.0 Å². The lowest BCUT2D eigenvalue weighted by molar-refractivity contribution is 0.415. The number of hydrogen-bond donors (Lipinski definition) is 0. The number of rotatable bonds is 20. The number of ether oxygens (including phenoxy) is 1. The summed E-state index contributed by atoms with van der Waals surface area (Å²) in [5.74, 6) is 0.823. The van der Waals surface area contributed by atoms with E-state index in [9.17, 15) is 0 Å². The molecule has 0 amide bonds. The largest absolute Gasteiger partial charge is 0.497 e. The maximum atomic E-state index is 5.53. The van der Waals surface area contributed by atoms with Crippen molar-refractivity contribution in [3.63, 3.8) is 0 Å². The second-order valence-corrected chi connectivity index (χ2v) is 18.9. The Hall–Kier alpha value is -8.34. The summed E-state index contributed by atoms with van der Waals surface area (Å²) in [5.41, 5.74) is 19.8. The lowest BCUT2D eigenvalue weighted by Crippen LogP contribution is -2.10. The molecule has 0 fully saturated rings. The minimum atomic E-state index is 0.823. The van der Waals surface area contributed by atoms with Crippen molar-refractivity contribution < 1.29 is 4.74 Å². The van der Waals surface area contributed by atoms with Crippen LogP contribution in [0, 0.1) is 13.8 Å². The molecule has 0 N–H and O–H groups in total. The first kappa shape index (κ1) is 49.6. The van der Waals surface area contributed by atoms with Gasteiger partial charge in [-0.15, -0.1) is 0 Å². The number of benzene rings is 9. The normalized spacial score (nSPS) is 11.3. The van der Waals surface area contributed by atoms with Crippen molar-refractivity contribution in [2.45, 2.75) is 66.2 Å². The molecule has 0 aliphatic rings. The zero-order chi connectivity index (χ0) is 50.4. The van der Waals surface area contributed by atoms with Crippen molar-refractivity contribution in [2.75, 3.05) is 21.8 Å². The van der Waals surface area contributed by atoms with Crippen molar-refractivity contribution in [1.29, 1.82) is 0 Å². The number of hydrogen-bond acceptors (Lipinski definition) is 4. The van der Waals surface area contributed by atoms with E-state index in [4.69, 9.17) is 4.74 Å². The average Bonchev–Trinajstić information content (AvgIpc) is 3.44. The third-order valence-electron chi connectivity index (χ3n) is 13.5. The van der Waals surface area contributed by atoms with Gasteiger partial charge in [-0.2, -0.15) is 0 Å². The number of unbranched alkanes of at least 4 members (excludes halogenated alkanes) is 2. The number of anilines is 9. The zero-order valence-electron chi connectivity index (χ0n) is 43.1. The molecule has 0 atom stereocenters. The van der Waals surface area contributed by atoms with E-state index in [0.717, 1.165) is 92.0 Å². The van der Waals surface area contributed by atoms with Gasteiger partial charge in [0.1, 0.15) is 5.75 Å². The summed E-state index contributed by atoms with van der Waals surface area (Å²) in [6, 6.07) is 79.1. The van der Waals surface area contributed by atoms with Crippen molar-refractivity contribution >= 4 is 75.5 Å². The summed E-state index contributed by atoms with van der Waals surface area (Å²) in [4.78, 5) is 6.96. The number of methoxy groups -OCH3 is 1. The zero-order valence-corrected chi connectivity index (χ0v) is 43.1. The predicted molar refractivity (Wildman–Crippen MR) is 314 cm³/mol. The van der Waals surface area contributed by atoms with Crippen LogP contribution in [0.15, 0.2) is 218 Å². The van der Waals surface area contributed by atoms with Gasteiger partial charge in [-0.25, -0.2) is 0 Å². The molecule has 0 saturated heterocycles. The molecule has 9 rings (SSSR count). The van der Waals surface area contributed by atoms with Crippen molar-refractivity contribution in [1.82, 2.24) is 0 Å². The summed E-state index contributed by atoms with van der Waals surface area (Å²) in [6.45, 7) is 8.76. The standard InChI is InChI=1S/C69H67N3O/c1-6-8-10-54-20-36-62(37-21-54)70(60-32-12-52(3)13-33-60)64-40-24-56(25-41-64)16-18-58-28-44-66(45-29-58)72(68-48-50-69(73-5)51-49-68)67-46-30-59(31-47-67)19-17-57-26-42-65(43-27-57)71(61-34-14-53(4)15-35-61)63-38-22-55(23-39-63)11-9-7-2/h12-51H,6-11H2,1-5H3. The van der Waals surface area contributed by atoms with Gasteiger partial charge in [0.15, 0.2) is 0 Å². The van der Waals surface area contributed by atoms with E-state index >= 15 is 0 Å². The monoisotopic (exact) mass is 954 g/mol. The molecule has 0 spiro atoms. The highest BCUT2D eigenvalue weighted by atomic mass is 16.5. The van der Waals surface area contributed by atoms with Gasteiger partial charge in [0.2, 0.25) is 0 Å². The Morgan fingerprint density at radius 1 is 0.301 bits per heavy atom. The Morgan fingerprint density at radius 3 is 0.753 bits per heavy atom. The molecule has 0 aliphatic carbocycles. The van der Waals surface area contributed by atoms with Crippen LogP contribution in [-0.4, -0.2) is 7.11 Å². The second-order valence-electron chi connectivity index (χ2n) is 18.9. The predicted octanol–water partition coefficient (Wildman–Crippen LogP) is 19.7. The molecule has 0 heterocycles. The van der Waals surface area contributed by atoms with Crippen molar-refractivity contribution in [3.8, 4) is 5.75 Å². The fourth-order valence-corrected chi connectivity index (χ4v) is 9.17. The third-order valence-corrected chi connectivity index (χ3v) is 13.5. The lowest BCUT2D eigenvalue weighted by Gasteiger charge is -2.26. The molecule has 0 bridgehead atoms. The van der Waals surface area contributed by atoms with Gasteiger partial charge < -0.3 is 19.4 Å². The van der Waals surface area contributed by atoms with Gasteiger partial charge in [-0.05, 0) is 194 Å². The van der Waals surface area contributed by atoms with Crippen LogP contribution >= 0.6 is 0 Å². The smallest absolute Gasteiger partial charge is 0.119 e. The number of nitrogens with zero attached hydrogens (tertiary/aromatic N) is 3. The maximum absolute atomic E-state index is 5.53. The van der Waals surface area contributed by atoms with E-state index in [0.29, 0.717) is 0 Å². The van der Waals surface area contributed by atoms with Crippen LogP contribution in [0.25, 0.3) is 24.3 Å². The Morgan fingerprint density at radius 2 is 0.521 bits per heavy atom. The van der Waals surface area contributed by atoms with Crippen LogP contribution in [0.1, 0.15) is 84.0 Å². The van der Waals surface area contributed by atoms with Gasteiger partial charge >= 0.3 is 0 Å². The van der Waals surface area contributed by atoms with Crippen LogP contribution < -0.4 is 19.4 Å².